The number of para-hydroxylation sites is 1. The van der Waals surface area contributed by atoms with Gasteiger partial charge in [0, 0.05) is 53.3 Å². The molecule has 0 aliphatic heterocycles. The van der Waals surface area contributed by atoms with Crippen LogP contribution in [-0.4, -0.2) is 0 Å². The molecule has 12 aromatic rings. The standard InChI is InChI=1S/C59H39NOS/c1-59(2)50-26-12-10-22-42(50)43-31-30-38(34-51(43)59)60(37-18-4-3-5-19-37)52-27-15-28-53-56(52)49-35-48(41-21-8-9-23-45(41)57(49)61-53)46-33-32-44(40-25-14-17-36-16-6-7-20-39(36)40)55-47-24-11-13-29-54(47)62-58(46)55/h3-35H,1-2H3. The summed E-state index contributed by atoms with van der Waals surface area (Å²) in [7, 11) is 0. The Labute approximate surface area is 363 Å². The fraction of sp³-hybridized carbons (Fsp3) is 0.0508. The Balaban J connectivity index is 1.08. The van der Waals surface area contributed by atoms with E-state index >= 15 is 0 Å². The van der Waals surface area contributed by atoms with Crippen molar-refractivity contribution in [1.29, 1.82) is 0 Å². The molecule has 0 atom stereocenters. The van der Waals surface area contributed by atoms with Crippen molar-refractivity contribution in [3.05, 3.63) is 211 Å². The Hall–Kier alpha value is -7.46. The number of benzene rings is 10. The van der Waals surface area contributed by atoms with E-state index < -0.39 is 0 Å². The van der Waals surface area contributed by atoms with E-state index in [0.717, 1.165) is 44.4 Å². The molecule has 13 rings (SSSR count). The molecule has 0 unspecified atom stereocenters. The lowest BCUT2D eigenvalue weighted by atomic mass is 9.82. The van der Waals surface area contributed by atoms with Gasteiger partial charge in [0.25, 0.3) is 0 Å². The van der Waals surface area contributed by atoms with E-state index in [1.807, 2.05) is 11.3 Å². The molecule has 2 heterocycles. The Morgan fingerprint density at radius 1 is 0.419 bits per heavy atom. The summed E-state index contributed by atoms with van der Waals surface area (Å²) in [5.74, 6) is 0. The lowest BCUT2D eigenvalue weighted by Gasteiger charge is -2.28. The molecule has 292 valence electrons. The van der Waals surface area contributed by atoms with Crippen LogP contribution in [-0.2, 0) is 5.41 Å². The number of anilines is 3. The molecule has 10 aromatic carbocycles. The SMILES string of the molecule is CC1(C)c2ccccc2-c2ccc(N(c3ccccc3)c3cccc4oc5c6ccccc6c(-c6ccc(-c7cccc8ccccc78)c7c6sc6ccccc67)cc5c34)cc21. The fourth-order valence-electron chi connectivity index (χ4n) is 10.6. The van der Waals surface area contributed by atoms with E-state index in [4.69, 9.17) is 4.42 Å². The minimum Gasteiger partial charge on any atom is -0.455 e. The molecule has 1 aliphatic carbocycles. The van der Waals surface area contributed by atoms with Crippen LogP contribution in [0.4, 0.5) is 17.1 Å². The van der Waals surface area contributed by atoms with Crippen LogP contribution in [0.15, 0.2) is 205 Å². The van der Waals surface area contributed by atoms with Gasteiger partial charge >= 0.3 is 0 Å². The lowest BCUT2D eigenvalue weighted by Crippen LogP contribution is -2.16. The molecule has 0 saturated heterocycles. The van der Waals surface area contributed by atoms with Gasteiger partial charge in [-0.1, -0.05) is 166 Å². The van der Waals surface area contributed by atoms with Crippen molar-refractivity contribution in [3.8, 4) is 33.4 Å². The third-order valence-corrected chi connectivity index (χ3v) is 14.7. The fourth-order valence-corrected chi connectivity index (χ4v) is 11.9. The maximum absolute atomic E-state index is 7.00. The summed E-state index contributed by atoms with van der Waals surface area (Å²) < 4.78 is 9.58. The first-order valence-electron chi connectivity index (χ1n) is 21.4. The van der Waals surface area contributed by atoms with E-state index in [1.54, 1.807) is 0 Å². The van der Waals surface area contributed by atoms with Crippen LogP contribution in [0.2, 0.25) is 0 Å². The normalized spacial score (nSPS) is 13.1. The molecular formula is C59H39NOS. The first-order chi connectivity index (χ1) is 30.5. The third kappa shape index (κ3) is 5.03. The number of hydrogen-bond donors (Lipinski definition) is 0. The number of fused-ring (bicyclic) bond motifs is 12. The molecule has 0 amide bonds. The van der Waals surface area contributed by atoms with E-state index in [2.05, 4.69) is 219 Å². The summed E-state index contributed by atoms with van der Waals surface area (Å²) in [6.07, 6.45) is 0. The zero-order valence-electron chi connectivity index (χ0n) is 34.3. The van der Waals surface area contributed by atoms with Crippen molar-refractivity contribution in [2.75, 3.05) is 4.90 Å². The maximum atomic E-state index is 7.00. The molecule has 3 heteroatoms. The van der Waals surface area contributed by atoms with Gasteiger partial charge in [0.15, 0.2) is 0 Å². The van der Waals surface area contributed by atoms with Crippen LogP contribution in [0, 0.1) is 0 Å². The van der Waals surface area contributed by atoms with E-state index in [0.29, 0.717) is 0 Å². The molecule has 0 spiro atoms. The van der Waals surface area contributed by atoms with Crippen LogP contribution in [0.5, 0.6) is 0 Å². The average Bonchev–Trinajstić information content (AvgIpc) is 3.97. The van der Waals surface area contributed by atoms with E-state index in [1.165, 1.54) is 80.8 Å². The Kier molecular flexibility index (Phi) is 7.56. The minimum absolute atomic E-state index is 0.131. The van der Waals surface area contributed by atoms with Crippen molar-refractivity contribution >= 4 is 92.1 Å². The average molecular weight is 810 g/mol. The van der Waals surface area contributed by atoms with Gasteiger partial charge in [0.1, 0.15) is 11.2 Å². The van der Waals surface area contributed by atoms with Crippen molar-refractivity contribution < 1.29 is 4.42 Å². The maximum Gasteiger partial charge on any atom is 0.143 e. The van der Waals surface area contributed by atoms with E-state index in [-0.39, 0.29) is 5.41 Å². The first-order valence-corrected chi connectivity index (χ1v) is 22.2. The highest BCUT2D eigenvalue weighted by Gasteiger charge is 2.36. The number of rotatable bonds is 5. The molecule has 0 radical (unpaired) electrons. The quantitative estimate of drug-likeness (QED) is 0.172. The first kappa shape index (κ1) is 35.3. The largest absolute Gasteiger partial charge is 0.455 e. The monoisotopic (exact) mass is 809 g/mol. The summed E-state index contributed by atoms with van der Waals surface area (Å²) >= 11 is 1.89. The van der Waals surface area contributed by atoms with Crippen LogP contribution in [0.25, 0.3) is 97.0 Å². The molecule has 2 aromatic heterocycles. The molecule has 0 fully saturated rings. The topological polar surface area (TPSA) is 16.4 Å². The zero-order chi connectivity index (χ0) is 41.1. The number of hydrogen-bond acceptors (Lipinski definition) is 3. The second kappa shape index (κ2) is 13.3. The van der Waals surface area contributed by atoms with Gasteiger partial charge < -0.3 is 9.32 Å². The third-order valence-electron chi connectivity index (χ3n) is 13.5. The minimum atomic E-state index is -0.131. The van der Waals surface area contributed by atoms with Gasteiger partial charge in [-0.2, -0.15) is 0 Å². The van der Waals surface area contributed by atoms with Crippen LogP contribution >= 0.6 is 11.3 Å². The molecule has 0 N–H and O–H groups in total. The number of nitrogens with zero attached hydrogens (tertiary/aromatic N) is 1. The van der Waals surface area contributed by atoms with Crippen LogP contribution < -0.4 is 4.90 Å². The molecular weight excluding hydrogens is 771 g/mol. The summed E-state index contributed by atoms with van der Waals surface area (Å²) in [4.78, 5) is 2.43. The van der Waals surface area contributed by atoms with Crippen LogP contribution in [0.3, 0.4) is 0 Å². The number of thiophene rings is 1. The Morgan fingerprint density at radius 3 is 1.97 bits per heavy atom. The summed E-state index contributed by atoms with van der Waals surface area (Å²) in [5, 5.41) is 9.60. The van der Waals surface area contributed by atoms with Crippen molar-refractivity contribution in [1.82, 2.24) is 0 Å². The van der Waals surface area contributed by atoms with Gasteiger partial charge in [0.2, 0.25) is 0 Å². The predicted molar refractivity (Wildman–Crippen MR) is 265 cm³/mol. The Morgan fingerprint density at radius 2 is 1.08 bits per heavy atom. The molecule has 0 saturated carbocycles. The second-order valence-electron chi connectivity index (χ2n) is 17.2. The number of furan rings is 1. The molecule has 0 bridgehead atoms. The van der Waals surface area contributed by atoms with Crippen molar-refractivity contribution in [2.24, 2.45) is 0 Å². The summed E-state index contributed by atoms with van der Waals surface area (Å²) in [6.45, 7) is 4.71. The van der Waals surface area contributed by atoms with Gasteiger partial charge in [-0.05, 0) is 104 Å². The van der Waals surface area contributed by atoms with Crippen molar-refractivity contribution in [2.45, 2.75) is 19.3 Å². The van der Waals surface area contributed by atoms with Gasteiger partial charge in [0.05, 0.1) is 11.1 Å². The molecule has 2 nitrogen and oxygen atoms in total. The highest BCUT2D eigenvalue weighted by Crippen LogP contribution is 2.53. The summed E-state index contributed by atoms with van der Waals surface area (Å²) in [5.41, 5.74) is 15.3. The lowest BCUT2D eigenvalue weighted by molar-refractivity contribution is 0.660. The van der Waals surface area contributed by atoms with Gasteiger partial charge in [-0.25, -0.2) is 0 Å². The smallest absolute Gasteiger partial charge is 0.143 e. The Bertz CT molecular complexity index is 3790. The molecule has 1 aliphatic rings. The van der Waals surface area contributed by atoms with Crippen molar-refractivity contribution in [3.63, 3.8) is 0 Å². The zero-order valence-corrected chi connectivity index (χ0v) is 35.1. The summed E-state index contributed by atoms with van der Waals surface area (Å²) in [6, 6.07) is 73.5. The van der Waals surface area contributed by atoms with E-state index in [9.17, 15) is 0 Å². The highest BCUT2D eigenvalue weighted by molar-refractivity contribution is 7.26. The van der Waals surface area contributed by atoms with Crippen LogP contribution in [0.1, 0.15) is 25.0 Å². The molecule has 62 heavy (non-hydrogen) atoms. The second-order valence-corrected chi connectivity index (χ2v) is 18.2. The van der Waals surface area contributed by atoms with Gasteiger partial charge in [-0.15, -0.1) is 11.3 Å². The predicted octanol–water partition coefficient (Wildman–Crippen LogP) is 17.4. The van der Waals surface area contributed by atoms with Gasteiger partial charge in [-0.3, -0.25) is 0 Å². The highest BCUT2D eigenvalue weighted by atomic mass is 32.1.